The summed E-state index contributed by atoms with van der Waals surface area (Å²) in [6, 6.07) is 11.5. The molecular weight excluding hydrogens is 936 g/mol. The Hall–Kier alpha value is -6.90. The Bertz CT molecular complexity index is 2690. The van der Waals surface area contributed by atoms with Gasteiger partial charge >= 0.3 is 30.3 Å². The molecule has 0 bridgehead atoms. The van der Waals surface area contributed by atoms with Crippen LogP contribution in [0.3, 0.4) is 0 Å². The van der Waals surface area contributed by atoms with Gasteiger partial charge < -0.3 is 34.1 Å². The third kappa shape index (κ3) is 13.5. The van der Waals surface area contributed by atoms with Gasteiger partial charge in [0, 0.05) is 23.6 Å². The molecular formula is C50H60F3N5O13. The highest BCUT2D eigenvalue weighted by atomic mass is 19.4. The van der Waals surface area contributed by atoms with Crippen molar-refractivity contribution in [1.82, 2.24) is 25.1 Å². The van der Waals surface area contributed by atoms with Crippen LogP contribution in [0.5, 0.6) is 11.5 Å². The number of aromatic hydroxyl groups is 1. The minimum atomic E-state index is -4.81. The number of methoxy groups -OCH3 is 2. The van der Waals surface area contributed by atoms with E-state index in [9.17, 15) is 51.8 Å². The van der Waals surface area contributed by atoms with Crippen molar-refractivity contribution in [3.63, 3.8) is 0 Å². The molecule has 4 aliphatic heterocycles. The first kappa shape index (κ1) is 55.0. The SMILES string of the molecule is C1CCNC1.CC(=O)c1c(O)c(C(F)(F)F)nc2ccccc12.COC(=O)[C@@H]1CC(=O)CN1C(=O)OC(C)(C)C.COC(=O)[C@@H]1CC2(CC(=O)c3c(c(C)nc4ccccc34)O2)CN1C(=O)OC(C)(C)C. The number of ether oxygens (including phenoxy) is 5. The van der Waals surface area contributed by atoms with Crippen molar-refractivity contribution in [2.75, 3.05) is 40.4 Å². The molecule has 3 atom stereocenters. The first-order valence-corrected chi connectivity index (χ1v) is 22.8. The number of rotatable bonds is 3. The molecule has 384 valence electrons. The molecule has 3 saturated heterocycles. The number of carbonyl (C=O) groups excluding carboxylic acids is 7. The fraction of sp³-hybridized carbons (Fsp3) is 0.500. The van der Waals surface area contributed by atoms with E-state index >= 15 is 0 Å². The van der Waals surface area contributed by atoms with Gasteiger partial charge in [-0.25, -0.2) is 29.1 Å². The van der Waals surface area contributed by atoms with E-state index < -0.39 is 76.4 Å². The van der Waals surface area contributed by atoms with Crippen LogP contribution in [-0.4, -0.2) is 136 Å². The lowest BCUT2D eigenvalue weighted by Gasteiger charge is -2.35. The van der Waals surface area contributed by atoms with E-state index in [4.69, 9.17) is 18.9 Å². The number of likely N-dealkylation sites (tertiary alicyclic amines) is 2. The number of halogens is 3. The van der Waals surface area contributed by atoms with Gasteiger partial charge in [0.15, 0.2) is 34.5 Å². The quantitative estimate of drug-likeness (QED) is 0.114. The molecule has 6 heterocycles. The predicted molar refractivity (Wildman–Crippen MR) is 251 cm³/mol. The standard InChI is InChI=1S/C23H26N2O6.C12H8F3NO2.C11H17NO5.C4H9N/c1-13-19-18(14-8-6-7-9-15(14)24-13)17(26)11-23(30-19)10-16(20(27)29-5)25(12-23)21(28)31-22(2,3)4;1-6(17)9-7-4-2-3-5-8(7)16-11(10(9)18)12(13,14)15;1-11(2,3)17-10(15)12-6-7(13)5-8(12)9(14)16-4;1-2-4-5-3-1/h6-9,16H,10-12H2,1-5H3;2-5,18H,1H3;8H,5-6H2,1-4H3;5H,1-4H2/t16-,23?;;8-;/m0.0./s1. The van der Waals surface area contributed by atoms with Gasteiger partial charge in [-0.2, -0.15) is 13.2 Å². The fourth-order valence-corrected chi connectivity index (χ4v) is 8.29. The van der Waals surface area contributed by atoms with E-state index in [1.54, 1.807) is 54.5 Å². The number of hydrogen-bond donors (Lipinski definition) is 2. The average Bonchev–Trinajstić information content (AvgIpc) is 4.07. The van der Waals surface area contributed by atoms with E-state index in [1.807, 2.05) is 24.3 Å². The monoisotopic (exact) mass is 995 g/mol. The lowest BCUT2D eigenvalue weighted by atomic mass is 9.86. The minimum Gasteiger partial charge on any atom is -0.505 e. The molecule has 2 amide bonds. The Morgan fingerprint density at radius 3 is 1.82 bits per heavy atom. The van der Waals surface area contributed by atoms with E-state index in [2.05, 4.69) is 20.0 Å². The number of hydrogen-bond acceptors (Lipinski definition) is 16. The molecule has 18 nitrogen and oxygen atoms in total. The smallest absolute Gasteiger partial charge is 0.437 e. The first-order chi connectivity index (χ1) is 33.1. The van der Waals surface area contributed by atoms with Gasteiger partial charge in [-0.1, -0.05) is 36.4 Å². The van der Waals surface area contributed by atoms with Crippen LogP contribution in [0, 0.1) is 6.92 Å². The summed E-state index contributed by atoms with van der Waals surface area (Å²) < 4.78 is 64.5. The summed E-state index contributed by atoms with van der Waals surface area (Å²) in [5.74, 6) is -2.79. The zero-order chi connectivity index (χ0) is 52.8. The van der Waals surface area contributed by atoms with Crippen molar-refractivity contribution < 1.29 is 75.5 Å². The molecule has 0 radical (unpaired) electrons. The number of pyridine rings is 2. The number of alkyl halides is 3. The summed E-state index contributed by atoms with van der Waals surface area (Å²) in [6.07, 6.45) is -3.17. The topological polar surface area (TPSA) is 230 Å². The third-order valence-electron chi connectivity index (χ3n) is 11.3. The van der Waals surface area contributed by atoms with Gasteiger partial charge in [-0.05, 0) is 93.5 Å². The van der Waals surface area contributed by atoms with Crippen LogP contribution in [0.1, 0.15) is 113 Å². The van der Waals surface area contributed by atoms with Crippen molar-refractivity contribution in [2.45, 2.75) is 123 Å². The van der Waals surface area contributed by atoms with Crippen LogP contribution in [0.2, 0.25) is 0 Å². The number of aromatic nitrogens is 2. The number of esters is 2. The number of aryl methyl sites for hydroxylation is 1. The number of ketones is 3. The van der Waals surface area contributed by atoms with E-state index in [-0.39, 0.29) is 60.4 Å². The molecule has 21 heteroatoms. The van der Waals surface area contributed by atoms with Crippen molar-refractivity contribution in [1.29, 1.82) is 0 Å². The molecule has 2 aromatic carbocycles. The highest BCUT2D eigenvalue weighted by Gasteiger charge is 2.55. The van der Waals surface area contributed by atoms with Gasteiger partial charge in [-0.15, -0.1) is 0 Å². The summed E-state index contributed by atoms with van der Waals surface area (Å²) in [5.41, 5.74) is -2.40. The molecule has 0 saturated carbocycles. The Labute approximate surface area is 408 Å². The number of Topliss-reactive ketones (excluding diaryl/α,β-unsaturated/α-hetero) is 3. The molecule has 4 aromatic rings. The van der Waals surface area contributed by atoms with Crippen LogP contribution >= 0.6 is 0 Å². The first-order valence-electron chi connectivity index (χ1n) is 22.8. The van der Waals surface area contributed by atoms with Gasteiger partial charge in [0.25, 0.3) is 0 Å². The van der Waals surface area contributed by atoms with Crippen molar-refractivity contribution in [3.05, 3.63) is 71.0 Å². The molecule has 2 N–H and O–H groups in total. The molecule has 0 aliphatic carbocycles. The highest BCUT2D eigenvalue weighted by molar-refractivity contribution is 6.11. The second-order valence-corrected chi connectivity index (χ2v) is 19.3. The number of para-hydroxylation sites is 2. The molecule has 8 rings (SSSR count). The van der Waals surface area contributed by atoms with E-state index in [1.165, 1.54) is 63.2 Å². The Morgan fingerprint density at radius 2 is 1.31 bits per heavy atom. The highest BCUT2D eigenvalue weighted by Crippen LogP contribution is 2.45. The maximum Gasteiger partial charge on any atom is 0.437 e. The number of amides is 2. The number of fused-ring (bicyclic) bond motifs is 4. The minimum absolute atomic E-state index is 0.00802. The van der Waals surface area contributed by atoms with Crippen molar-refractivity contribution >= 4 is 63.3 Å². The molecule has 2 aromatic heterocycles. The number of nitrogens with zero attached hydrogens (tertiary/aromatic N) is 4. The fourth-order valence-electron chi connectivity index (χ4n) is 8.29. The maximum atomic E-state index is 13.3. The number of carbonyl (C=O) groups is 7. The zero-order valence-corrected chi connectivity index (χ0v) is 41.4. The van der Waals surface area contributed by atoms with Gasteiger partial charge in [0.05, 0.1) is 61.6 Å². The lowest BCUT2D eigenvalue weighted by molar-refractivity contribution is -0.146. The van der Waals surface area contributed by atoms with Crippen LogP contribution in [0.15, 0.2) is 48.5 Å². The Morgan fingerprint density at radius 1 is 0.789 bits per heavy atom. The molecule has 1 unspecified atom stereocenters. The summed E-state index contributed by atoms with van der Waals surface area (Å²) in [6.45, 7) is 15.7. The third-order valence-corrected chi connectivity index (χ3v) is 11.3. The lowest BCUT2D eigenvalue weighted by Crippen LogP contribution is -2.47. The van der Waals surface area contributed by atoms with Crippen LogP contribution < -0.4 is 10.1 Å². The van der Waals surface area contributed by atoms with Crippen LogP contribution in [-0.2, 0) is 39.5 Å². The molecule has 3 fully saturated rings. The van der Waals surface area contributed by atoms with Crippen molar-refractivity contribution in [2.24, 2.45) is 0 Å². The van der Waals surface area contributed by atoms with Crippen LogP contribution in [0.4, 0.5) is 22.8 Å². The summed E-state index contributed by atoms with van der Waals surface area (Å²) in [7, 11) is 2.49. The van der Waals surface area contributed by atoms with Gasteiger partial charge in [0.2, 0.25) is 0 Å². The zero-order valence-electron chi connectivity index (χ0n) is 41.4. The Balaban J connectivity index is 0.000000200. The largest absolute Gasteiger partial charge is 0.505 e. The second kappa shape index (κ2) is 22.0. The summed E-state index contributed by atoms with van der Waals surface area (Å²) in [5, 5.41) is 13.7. The summed E-state index contributed by atoms with van der Waals surface area (Å²) >= 11 is 0. The number of benzene rings is 2. The molecule has 4 aliphatic rings. The van der Waals surface area contributed by atoms with Crippen LogP contribution in [0.25, 0.3) is 21.8 Å². The predicted octanol–water partition coefficient (Wildman–Crippen LogP) is 7.70. The molecule has 71 heavy (non-hydrogen) atoms. The molecule has 1 spiro atoms. The maximum absolute atomic E-state index is 13.3. The average molecular weight is 996 g/mol. The number of nitrogens with one attached hydrogen (secondary N) is 1. The normalized spacial score (nSPS) is 19.6. The van der Waals surface area contributed by atoms with E-state index in [0.29, 0.717) is 17.0 Å². The van der Waals surface area contributed by atoms with Gasteiger partial charge in [-0.3, -0.25) is 24.2 Å². The summed E-state index contributed by atoms with van der Waals surface area (Å²) in [4.78, 5) is 94.9. The van der Waals surface area contributed by atoms with Gasteiger partial charge in [0.1, 0.15) is 28.9 Å². The second-order valence-electron chi connectivity index (χ2n) is 19.3. The van der Waals surface area contributed by atoms with E-state index in [0.717, 1.165) is 22.7 Å². The Kier molecular flexibility index (Phi) is 17.1. The van der Waals surface area contributed by atoms with Crippen molar-refractivity contribution in [3.8, 4) is 11.5 Å².